The summed E-state index contributed by atoms with van der Waals surface area (Å²) >= 11 is 0. The number of halogens is 4. The number of hydrogen-bond donors (Lipinski definition) is 1. The van der Waals surface area contributed by atoms with Crippen LogP contribution in [0.1, 0.15) is 16.7 Å². The average molecular weight is 238 g/mol. The number of aryl methyl sites for hydroxylation is 2. The van der Waals surface area contributed by atoms with Gasteiger partial charge in [-0.1, -0.05) is 0 Å². The molecule has 1 rings (SSSR count). The molecule has 6 heteroatoms. The molecule has 0 amide bonds. The van der Waals surface area contributed by atoms with Crippen molar-refractivity contribution in [2.45, 2.75) is 26.6 Å². The van der Waals surface area contributed by atoms with Crippen molar-refractivity contribution in [3.05, 3.63) is 28.8 Å². The Labute approximate surface area is 89.5 Å². The summed E-state index contributed by atoms with van der Waals surface area (Å²) in [6, 6.07) is 1.97. The second-order valence-electron chi connectivity index (χ2n) is 3.35. The van der Waals surface area contributed by atoms with E-state index in [0.29, 0.717) is 0 Å². The van der Waals surface area contributed by atoms with Crippen molar-refractivity contribution >= 4 is 0 Å². The van der Waals surface area contributed by atoms with E-state index in [2.05, 4.69) is 4.74 Å². The van der Waals surface area contributed by atoms with Gasteiger partial charge in [0.05, 0.1) is 5.56 Å². The molecule has 0 radical (unpaired) electrons. The van der Waals surface area contributed by atoms with Crippen molar-refractivity contribution < 1.29 is 27.4 Å². The second kappa shape index (κ2) is 4.29. The van der Waals surface area contributed by atoms with Gasteiger partial charge in [-0.2, -0.15) is 17.6 Å². The SMILES string of the molecule is Cc1cc(C(O)(F)F)c(C)cc1OC(F)F. The summed E-state index contributed by atoms with van der Waals surface area (Å²) in [4.78, 5) is 0. The van der Waals surface area contributed by atoms with Gasteiger partial charge in [-0.25, -0.2) is 0 Å². The molecular formula is C10H10F4O2. The molecule has 1 aromatic carbocycles. The molecule has 1 N–H and O–H groups in total. The van der Waals surface area contributed by atoms with Crippen LogP contribution in [0, 0.1) is 13.8 Å². The van der Waals surface area contributed by atoms with Crippen LogP contribution in [0.5, 0.6) is 5.75 Å². The number of alkyl halides is 4. The van der Waals surface area contributed by atoms with Gasteiger partial charge in [-0.15, -0.1) is 0 Å². The highest BCUT2D eigenvalue weighted by Gasteiger charge is 2.30. The van der Waals surface area contributed by atoms with Crippen LogP contribution in [0.3, 0.4) is 0 Å². The van der Waals surface area contributed by atoms with Crippen molar-refractivity contribution in [3.63, 3.8) is 0 Å². The molecule has 0 aliphatic carbocycles. The van der Waals surface area contributed by atoms with E-state index in [9.17, 15) is 17.6 Å². The Morgan fingerprint density at radius 1 is 1.19 bits per heavy atom. The Bertz CT molecular complexity index is 385. The third kappa shape index (κ3) is 2.85. The number of rotatable bonds is 3. The van der Waals surface area contributed by atoms with Crippen LogP contribution in [0.2, 0.25) is 0 Å². The maximum atomic E-state index is 12.7. The summed E-state index contributed by atoms with van der Waals surface area (Å²) in [7, 11) is 0. The van der Waals surface area contributed by atoms with E-state index in [-0.39, 0.29) is 16.9 Å². The summed E-state index contributed by atoms with van der Waals surface area (Å²) in [5.41, 5.74) is -0.532. The average Bonchev–Trinajstić information content (AvgIpc) is 2.07. The van der Waals surface area contributed by atoms with Gasteiger partial charge in [0.15, 0.2) is 0 Å². The lowest BCUT2D eigenvalue weighted by Gasteiger charge is -2.15. The Morgan fingerprint density at radius 2 is 1.75 bits per heavy atom. The van der Waals surface area contributed by atoms with Crippen molar-refractivity contribution in [3.8, 4) is 5.75 Å². The largest absolute Gasteiger partial charge is 0.435 e. The van der Waals surface area contributed by atoms with E-state index < -0.39 is 18.3 Å². The maximum Gasteiger partial charge on any atom is 0.387 e. The molecule has 0 heterocycles. The van der Waals surface area contributed by atoms with E-state index in [4.69, 9.17) is 5.11 Å². The summed E-state index contributed by atoms with van der Waals surface area (Å²) in [5, 5.41) is 8.54. The third-order valence-electron chi connectivity index (χ3n) is 2.06. The summed E-state index contributed by atoms with van der Waals surface area (Å²) in [6.07, 6.45) is -3.99. The molecule has 0 saturated carbocycles. The first-order valence-corrected chi connectivity index (χ1v) is 4.38. The quantitative estimate of drug-likeness (QED) is 0.820. The zero-order chi connectivity index (χ0) is 12.5. The topological polar surface area (TPSA) is 29.5 Å². The minimum Gasteiger partial charge on any atom is -0.435 e. The first-order valence-electron chi connectivity index (χ1n) is 4.38. The van der Waals surface area contributed by atoms with Crippen LogP contribution in [0.4, 0.5) is 17.6 Å². The Balaban J connectivity index is 3.17. The lowest BCUT2D eigenvalue weighted by atomic mass is 10.0. The fraction of sp³-hybridized carbons (Fsp3) is 0.400. The molecule has 0 spiro atoms. The zero-order valence-electron chi connectivity index (χ0n) is 8.60. The van der Waals surface area contributed by atoms with Gasteiger partial charge < -0.3 is 9.84 Å². The van der Waals surface area contributed by atoms with Gasteiger partial charge in [-0.05, 0) is 37.1 Å². The summed E-state index contributed by atoms with van der Waals surface area (Å²) < 4.78 is 53.3. The molecule has 0 aliphatic rings. The molecular weight excluding hydrogens is 228 g/mol. The van der Waals surface area contributed by atoms with E-state index in [1.165, 1.54) is 13.8 Å². The van der Waals surface area contributed by atoms with Gasteiger partial charge in [0.25, 0.3) is 0 Å². The van der Waals surface area contributed by atoms with Crippen molar-refractivity contribution in [2.24, 2.45) is 0 Å². The van der Waals surface area contributed by atoms with Gasteiger partial charge >= 0.3 is 12.7 Å². The highest BCUT2D eigenvalue weighted by atomic mass is 19.3. The predicted molar refractivity (Wildman–Crippen MR) is 48.7 cm³/mol. The minimum absolute atomic E-state index is 0.0197. The van der Waals surface area contributed by atoms with Gasteiger partial charge in [-0.3, -0.25) is 0 Å². The molecule has 2 nitrogen and oxygen atoms in total. The van der Waals surface area contributed by atoms with Gasteiger partial charge in [0.1, 0.15) is 5.75 Å². The molecule has 16 heavy (non-hydrogen) atoms. The monoisotopic (exact) mass is 238 g/mol. The van der Waals surface area contributed by atoms with Crippen LogP contribution in [-0.4, -0.2) is 11.7 Å². The summed E-state index contributed by atoms with van der Waals surface area (Å²) in [5.74, 6) is -0.180. The third-order valence-corrected chi connectivity index (χ3v) is 2.06. The van der Waals surface area contributed by atoms with Crippen LogP contribution in [0.15, 0.2) is 12.1 Å². The van der Waals surface area contributed by atoms with E-state index in [0.717, 1.165) is 12.1 Å². The molecule has 0 unspecified atom stereocenters. The zero-order valence-corrected chi connectivity index (χ0v) is 8.60. The molecule has 0 aliphatic heterocycles. The highest BCUT2D eigenvalue weighted by molar-refractivity contribution is 5.42. The Hall–Kier alpha value is -1.30. The molecule has 0 bridgehead atoms. The van der Waals surface area contributed by atoms with Crippen molar-refractivity contribution in [1.82, 2.24) is 0 Å². The van der Waals surface area contributed by atoms with E-state index in [1.807, 2.05) is 0 Å². The number of ether oxygens (including phenoxy) is 1. The van der Waals surface area contributed by atoms with Crippen LogP contribution in [0.25, 0.3) is 0 Å². The predicted octanol–water partition coefficient (Wildman–Crippen LogP) is 2.95. The lowest BCUT2D eigenvalue weighted by molar-refractivity contribution is -0.209. The smallest absolute Gasteiger partial charge is 0.387 e. The van der Waals surface area contributed by atoms with Crippen molar-refractivity contribution in [1.29, 1.82) is 0 Å². The first-order chi connectivity index (χ1) is 7.21. The van der Waals surface area contributed by atoms with E-state index >= 15 is 0 Å². The maximum absolute atomic E-state index is 12.7. The number of hydrogen-bond acceptors (Lipinski definition) is 2. The number of aliphatic hydroxyl groups is 1. The van der Waals surface area contributed by atoms with Crippen LogP contribution in [-0.2, 0) is 6.11 Å². The second-order valence-corrected chi connectivity index (χ2v) is 3.35. The minimum atomic E-state index is -3.99. The number of benzene rings is 1. The molecule has 0 saturated heterocycles. The van der Waals surface area contributed by atoms with Crippen LogP contribution >= 0.6 is 0 Å². The van der Waals surface area contributed by atoms with Crippen LogP contribution < -0.4 is 4.74 Å². The molecule has 0 aromatic heterocycles. The molecule has 0 atom stereocenters. The fourth-order valence-corrected chi connectivity index (χ4v) is 1.34. The normalized spacial score (nSPS) is 12.0. The van der Waals surface area contributed by atoms with E-state index in [1.54, 1.807) is 0 Å². The van der Waals surface area contributed by atoms with Gasteiger partial charge in [0.2, 0.25) is 0 Å². The standard InChI is InChI=1S/C10H10F4O2/c1-5-4-8(16-9(11)12)6(2)3-7(5)10(13,14)15/h3-4,9,15H,1-2H3. The molecule has 0 fully saturated rings. The molecule has 1 aromatic rings. The van der Waals surface area contributed by atoms with Gasteiger partial charge in [0, 0.05) is 0 Å². The molecule has 90 valence electrons. The summed E-state index contributed by atoms with van der Waals surface area (Å²) in [6.45, 7) is -0.400. The van der Waals surface area contributed by atoms with Crippen molar-refractivity contribution in [2.75, 3.05) is 0 Å². The lowest BCUT2D eigenvalue weighted by Crippen LogP contribution is -2.14. The Morgan fingerprint density at radius 3 is 2.19 bits per heavy atom. The first kappa shape index (κ1) is 12.8. The highest BCUT2D eigenvalue weighted by Crippen LogP contribution is 2.32. The Kier molecular flexibility index (Phi) is 3.42. The fourth-order valence-electron chi connectivity index (χ4n) is 1.34.